The van der Waals surface area contributed by atoms with E-state index in [9.17, 15) is 9.90 Å². The lowest BCUT2D eigenvalue weighted by Gasteiger charge is -2.04. The largest absolute Gasteiger partial charge is 0.476 e. The number of aromatic carboxylic acids is 1. The molecule has 1 aromatic heterocycles. The second-order valence-corrected chi connectivity index (χ2v) is 4.48. The summed E-state index contributed by atoms with van der Waals surface area (Å²) in [5.74, 6) is -0.708. The van der Waals surface area contributed by atoms with Crippen molar-refractivity contribution in [2.24, 2.45) is 7.05 Å². The minimum Gasteiger partial charge on any atom is -0.476 e. The Bertz CT molecular complexity index is 600. The molecule has 5 nitrogen and oxygen atoms in total. The summed E-state index contributed by atoms with van der Waals surface area (Å²) >= 11 is 0. The number of carboxylic acid groups (broad SMARTS) is 1. The molecule has 0 radical (unpaired) electrons. The Kier molecular flexibility index (Phi) is 3.55. The molecule has 0 aliphatic carbocycles. The van der Waals surface area contributed by atoms with Crippen LogP contribution in [0.4, 0.5) is 5.82 Å². The predicted molar refractivity (Wildman–Crippen MR) is 74.0 cm³/mol. The van der Waals surface area contributed by atoms with Crippen molar-refractivity contribution in [2.75, 3.05) is 5.73 Å². The molecule has 0 saturated carbocycles. The molecule has 1 heterocycles. The summed E-state index contributed by atoms with van der Waals surface area (Å²) in [5.41, 5.74) is 8.39. The SMILES string of the molecule is CCCc1ccc(-c2c(C(=O)O)nn(C)c2N)cc1. The number of aryl methyl sites for hydroxylation is 2. The molecular formula is C14H17N3O2. The summed E-state index contributed by atoms with van der Waals surface area (Å²) in [7, 11) is 1.64. The Morgan fingerprint density at radius 2 is 2.00 bits per heavy atom. The molecule has 0 unspecified atom stereocenters. The van der Waals surface area contributed by atoms with Crippen LogP contribution in [0.1, 0.15) is 29.4 Å². The molecular weight excluding hydrogens is 242 g/mol. The van der Waals surface area contributed by atoms with E-state index in [1.54, 1.807) is 7.05 Å². The van der Waals surface area contributed by atoms with Crippen molar-refractivity contribution in [2.45, 2.75) is 19.8 Å². The first-order valence-corrected chi connectivity index (χ1v) is 6.19. The lowest BCUT2D eigenvalue weighted by atomic mass is 10.0. The molecule has 0 spiro atoms. The van der Waals surface area contributed by atoms with E-state index in [-0.39, 0.29) is 5.69 Å². The van der Waals surface area contributed by atoms with Crippen molar-refractivity contribution < 1.29 is 9.90 Å². The van der Waals surface area contributed by atoms with Gasteiger partial charge in [0.25, 0.3) is 0 Å². The van der Waals surface area contributed by atoms with E-state index in [2.05, 4.69) is 12.0 Å². The Hall–Kier alpha value is -2.30. The number of carboxylic acids is 1. The molecule has 3 N–H and O–H groups in total. The smallest absolute Gasteiger partial charge is 0.357 e. The maximum absolute atomic E-state index is 11.2. The minimum atomic E-state index is -1.07. The molecule has 0 fully saturated rings. The number of carbonyl (C=O) groups is 1. The standard InChI is InChI=1S/C14H17N3O2/c1-3-4-9-5-7-10(8-6-9)11-12(14(18)19)16-17(2)13(11)15/h5-8H,3-4,15H2,1-2H3,(H,18,19). The number of nitrogens with zero attached hydrogens (tertiary/aromatic N) is 2. The average Bonchev–Trinajstić information content (AvgIpc) is 2.68. The lowest BCUT2D eigenvalue weighted by molar-refractivity contribution is 0.0690. The van der Waals surface area contributed by atoms with Gasteiger partial charge in [-0.1, -0.05) is 37.6 Å². The van der Waals surface area contributed by atoms with Crippen molar-refractivity contribution in [1.82, 2.24) is 9.78 Å². The number of aromatic nitrogens is 2. The predicted octanol–water partition coefficient (Wildman–Crippen LogP) is 2.32. The van der Waals surface area contributed by atoms with E-state index in [1.165, 1.54) is 10.2 Å². The van der Waals surface area contributed by atoms with Crippen molar-refractivity contribution in [3.05, 3.63) is 35.5 Å². The van der Waals surface area contributed by atoms with Crippen LogP contribution >= 0.6 is 0 Å². The van der Waals surface area contributed by atoms with E-state index in [1.807, 2.05) is 24.3 Å². The summed E-state index contributed by atoms with van der Waals surface area (Å²) in [6, 6.07) is 7.78. The van der Waals surface area contributed by atoms with Crippen molar-refractivity contribution in [3.63, 3.8) is 0 Å². The minimum absolute atomic E-state index is 0.0109. The maximum Gasteiger partial charge on any atom is 0.357 e. The van der Waals surface area contributed by atoms with Crippen molar-refractivity contribution in [3.8, 4) is 11.1 Å². The number of anilines is 1. The van der Waals surface area contributed by atoms with Crippen LogP contribution in [0.25, 0.3) is 11.1 Å². The monoisotopic (exact) mass is 259 g/mol. The Labute approximate surface area is 111 Å². The molecule has 2 aromatic rings. The van der Waals surface area contributed by atoms with Crippen LogP contribution < -0.4 is 5.73 Å². The van der Waals surface area contributed by atoms with Crippen LogP contribution in [0, 0.1) is 0 Å². The zero-order chi connectivity index (χ0) is 14.0. The van der Waals surface area contributed by atoms with Gasteiger partial charge in [0.1, 0.15) is 5.82 Å². The molecule has 5 heteroatoms. The zero-order valence-electron chi connectivity index (χ0n) is 11.1. The van der Waals surface area contributed by atoms with Crippen LogP contribution in [0.15, 0.2) is 24.3 Å². The Morgan fingerprint density at radius 3 is 2.53 bits per heavy atom. The van der Waals surface area contributed by atoms with Crippen LogP contribution in [-0.4, -0.2) is 20.9 Å². The van der Waals surface area contributed by atoms with Gasteiger partial charge in [-0.25, -0.2) is 4.79 Å². The molecule has 1 aromatic carbocycles. The third kappa shape index (κ3) is 2.45. The first-order valence-electron chi connectivity index (χ1n) is 6.19. The second-order valence-electron chi connectivity index (χ2n) is 4.48. The Balaban J connectivity index is 2.49. The van der Waals surface area contributed by atoms with E-state index >= 15 is 0 Å². The first-order chi connectivity index (χ1) is 9.04. The van der Waals surface area contributed by atoms with Crippen LogP contribution in [0.2, 0.25) is 0 Å². The summed E-state index contributed by atoms with van der Waals surface area (Å²) < 4.78 is 1.39. The lowest BCUT2D eigenvalue weighted by Crippen LogP contribution is -2.00. The van der Waals surface area contributed by atoms with Gasteiger partial charge in [0.2, 0.25) is 0 Å². The first kappa shape index (κ1) is 13.1. The highest BCUT2D eigenvalue weighted by Crippen LogP contribution is 2.29. The zero-order valence-corrected chi connectivity index (χ0v) is 11.1. The number of rotatable bonds is 4. The topological polar surface area (TPSA) is 81.1 Å². The van der Waals surface area contributed by atoms with E-state index < -0.39 is 5.97 Å². The maximum atomic E-state index is 11.2. The highest BCUT2D eigenvalue weighted by molar-refractivity contribution is 5.97. The van der Waals surface area contributed by atoms with Crippen LogP contribution in [0.5, 0.6) is 0 Å². The van der Waals surface area contributed by atoms with Gasteiger partial charge in [-0.3, -0.25) is 4.68 Å². The van der Waals surface area contributed by atoms with Crippen LogP contribution in [-0.2, 0) is 13.5 Å². The van der Waals surface area contributed by atoms with E-state index in [0.29, 0.717) is 11.4 Å². The fourth-order valence-electron chi connectivity index (χ4n) is 2.10. The molecule has 0 atom stereocenters. The third-order valence-electron chi connectivity index (χ3n) is 3.08. The molecule has 0 saturated heterocycles. The van der Waals surface area contributed by atoms with Gasteiger partial charge in [0, 0.05) is 7.05 Å². The summed E-state index contributed by atoms with van der Waals surface area (Å²) in [6.07, 6.45) is 2.09. The summed E-state index contributed by atoms with van der Waals surface area (Å²) in [4.78, 5) is 11.2. The molecule has 2 rings (SSSR count). The van der Waals surface area contributed by atoms with E-state index in [4.69, 9.17) is 5.73 Å². The van der Waals surface area contributed by atoms with Crippen molar-refractivity contribution >= 4 is 11.8 Å². The number of nitrogens with two attached hydrogens (primary N) is 1. The molecule has 0 aliphatic rings. The molecule has 0 bridgehead atoms. The Morgan fingerprint density at radius 1 is 1.37 bits per heavy atom. The van der Waals surface area contributed by atoms with Gasteiger partial charge in [-0.15, -0.1) is 0 Å². The normalized spacial score (nSPS) is 10.6. The number of hydrogen-bond acceptors (Lipinski definition) is 3. The van der Waals surface area contributed by atoms with Gasteiger partial charge in [-0.2, -0.15) is 5.10 Å². The number of nitrogen functional groups attached to an aromatic ring is 1. The average molecular weight is 259 g/mol. The van der Waals surface area contributed by atoms with Gasteiger partial charge in [0.15, 0.2) is 5.69 Å². The molecule has 0 aliphatic heterocycles. The van der Waals surface area contributed by atoms with Gasteiger partial charge in [0.05, 0.1) is 5.56 Å². The summed E-state index contributed by atoms with van der Waals surface area (Å²) in [5, 5.41) is 13.1. The van der Waals surface area contributed by atoms with Crippen molar-refractivity contribution in [1.29, 1.82) is 0 Å². The van der Waals surface area contributed by atoms with E-state index in [0.717, 1.165) is 18.4 Å². The van der Waals surface area contributed by atoms with Gasteiger partial charge in [-0.05, 0) is 17.5 Å². The quantitative estimate of drug-likeness (QED) is 0.882. The number of benzene rings is 1. The highest BCUT2D eigenvalue weighted by atomic mass is 16.4. The fourth-order valence-corrected chi connectivity index (χ4v) is 2.10. The molecule has 100 valence electrons. The van der Waals surface area contributed by atoms with Crippen LogP contribution in [0.3, 0.4) is 0 Å². The fraction of sp³-hybridized carbons (Fsp3) is 0.286. The van der Waals surface area contributed by atoms with Gasteiger partial charge < -0.3 is 10.8 Å². The highest BCUT2D eigenvalue weighted by Gasteiger charge is 2.20. The summed E-state index contributed by atoms with van der Waals surface area (Å²) in [6.45, 7) is 2.12. The molecule has 0 amide bonds. The molecule has 19 heavy (non-hydrogen) atoms. The van der Waals surface area contributed by atoms with Gasteiger partial charge >= 0.3 is 5.97 Å². The second kappa shape index (κ2) is 5.14. The number of hydrogen-bond donors (Lipinski definition) is 2. The third-order valence-corrected chi connectivity index (χ3v) is 3.08.